The summed E-state index contributed by atoms with van der Waals surface area (Å²) < 4.78 is 28.0. The molecule has 1 atom stereocenters. The molecular weight excluding hydrogens is 465 g/mol. The van der Waals surface area contributed by atoms with E-state index in [0.717, 1.165) is 6.42 Å². The molecule has 0 aromatic heterocycles. The summed E-state index contributed by atoms with van der Waals surface area (Å²) in [5.74, 6) is -0.460. The van der Waals surface area contributed by atoms with Crippen molar-refractivity contribution in [3.05, 3.63) is 29.8 Å². The Kier molecular flexibility index (Phi) is 9.72. The monoisotopic (exact) mass is 496 g/mol. The van der Waals surface area contributed by atoms with Crippen molar-refractivity contribution >= 4 is 35.6 Å². The van der Waals surface area contributed by atoms with Gasteiger partial charge < -0.3 is 20.6 Å². The normalized spacial score (nSPS) is 17.6. The summed E-state index contributed by atoms with van der Waals surface area (Å²) in [6, 6.07) is 3.96. The van der Waals surface area contributed by atoms with Crippen molar-refractivity contribution in [2.45, 2.75) is 51.7 Å². The highest BCUT2D eigenvalue weighted by molar-refractivity contribution is 14.0. The minimum absolute atomic E-state index is 0. The average Bonchev–Trinajstić information content (AvgIpc) is 3.07. The standard InChI is InChI=1S/C19H30F2N4O.HI/c1-4-19(26,5-2)13-23-18(22-6-3)24-14-10-11-25(12-14)17-15(20)8-7-9-16(17)21;/h7-9,14,26H,4-6,10-13H2,1-3H3,(H2,22,23,24);1H. The van der Waals surface area contributed by atoms with E-state index in [9.17, 15) is 13.9 Å². The molecule has 2 rings (SSSR count). The van der Waals surface area contributed by atoms with E-state index in [2.05, 4.69) is 15.6 Å². The SMILES string of the molecule is CCNC(=NCC(O)(CC)CC)NC1CCN(c2c(F)cccc2F)C1.I. The number of anilines is 1. The number of para-hydroxylation sites is 1. The molecule has 1 aromatic rings. The second kappa shape index (κ2) is 11.0. The van der Waals surface area contributed by atoms with Crippen LogP contribution in [0.25, 0.3) is 0 Å². The van der Waals surface area contributed by atoms with Crippen molar-refractivity contribution in [3.8, 4) is 0 Å². The first-order valence-corrected chi connectivity index (χ1v) is 9.38. The second-order valence-electron chi connectivity index (χ2n) is 6.77. The number of nitrogens with one attached hydrogen (secondary N) is 2. The van der Waals surface area contributed by atoms with E-state index in [4.69, 9.17) is 0 Å². The van der Waals surface area contributed by atoms with Crippen LogP contribution in [0.2, 0.25) is 0 Å². The molecule has 1 fully saturated rings. The molecular formula is C19H31F2IN4O. The predicted octanol–water partition coefficient (Wildman–Crippen LogP) is 3.27. The largest absolute Gasteiger partial charge is 0.388 e. The van der Waals surface area contributed by atoms with Gasteiger partial charge in [0, 0.05) is 25.7 Å². The molecule has 27 heavy (non-hydrogen) atoms. The zero-order chi connectivity index (χ0) is 19.2. The number of aliphatic imine (C=N–C) groups is 1. The molecule has 1 aliphatic rings. The van der Waals surface area contributed by atoms with E-state index in [1.165, 1.54) is 18.2 Å². The summed E-state index contributed by atoms with van der Waals surface area (Å²) in [5.41, 5.74) is -0.773. The third-order valence-corrected chi connectivity index (χ3v) is 4.97. The van der Waals surface area contributed by atoms with E-state index in [0.29, 0.717) is 45.0 Å². The maximum Gasteiger partial charge on any atom is 0.191 e. The van der Waals surface area contributed by atoms with Gasteiger partial charge in [-0.1, -0.05) is 19.9 Å². The van der Waals surface area contributed by atoms with Crippen LogP contribution in [-0.4, -0.2) is 48.9 Å². The molecule has 5 nitrogen and oxygen atoms in total. The zero-order valence-electron chi connectivity index (χ0n) is 16.3. The van der Waals surface area contributed by atoms with Gasteiger partial charge in [0.1, 0.15) is 17.3 Å². The lowest BCUT2D eigenvalue weighted by atomic mass is 9.98. The van der Waals surface area contributed by atoms with E-state index in [1.807, 2.05) is 20.8 Å². The lowest BCUT2D eigenvalue weighted by molar-refractivity contribution is 0.0418. The van der Waals surface area contributed by atoms with Crippen LogP contribution >= 0.6 is 24.0 Å². The number of hydrogen-bond donors (Lipinski definition) is 3. The molecule has 1 saturated heterocycles. The molecule has 1 aliphatic heterocycles. The molecule has 0 amide bonds. The predicted molar refractivity (Wildman–Crippen MR) is 117 cm³/mol. The molecule has 8 heteroatoms. The van der Waals surface area contributed by atoms with Crippen molar-refractivity contribution in [3.63, 3.8) is 0 Å². The maximum atomic E-state index is 14.0. The van der Waals surface area contributed by atoms with Gasteiger partial charge in [-0.15, -0.1) is 24.0 Å². The van der Waals surface area contributed by atoms with Crippen LogP contribution in [0.4, 0.5) is 14.5 Å². The van der Waals surface area contributed by atoms with Crippen molar-refractivity contribution in [1.82, 2.24) is 10.6 Å². The Morgan fingerprint density at radius 3 is 2.44 bits per heavy atom. The molecule has 1 aromatic carbocycles. The van der Waals surface area contributed by atoms with Gasteiger partial charge in [0.25, 0.3) is 0 Å². The molecule has 1 unspecified atom stereocenters. The van der Waals surface area contributed by atoms with E-state index in [1.54, 1.807) is 4.90 Å². The van der Waals surface area contributed by atoms with Crippen LogP contribution in [0, 0.1) is 11.6 Å². The van der Waals surface area contributed by atoms with Gasteiger partial charge in [0.2, 0.25) is 0 Å². The Morgan fingerprint density at radius 1 is 1.26 bits per heavy atom. The van der Waals surface area contributed by atoms with E-state index < -0.39 is 17.2 Å². The molecule has 0 radical (unpaired) electrons. The average molecular weight is 496 g/mol. The fraction of sp³-hybridized carbons (Fsp3) is 0.632. The second-order valence-corrected chi connectivity index (χ2v) is 6.77. The van der Waals surface area contributed by atoms with Crippen LogP contribution in [0.3, 0.4) is 0 Å². The third kappa shape index (κ3) is 6.44. The summed E-state index contributed by atoms with van der Waals surface area (Å²) in [6.07, 6.45) is 2.02. The fourth-order valence-corrected chi connectivity index (χ4v) is 3.09. The van der Waals surface area contributed by atoms with Gasteiger partial charge in [-0.25, -0.2) is 8.78 Å². The lowest BCUT2D eigenvalue weighted by Gasteiger charge is -2.24. The third-order valence-electron chi connectivity index (χ3n) is 4.97. The lowest BCUT2D eigenvalue weighted by Crippen LogP contribution is -2.45. The van der Waals surface area contributed by atoms with Gasteiger partial charge in [-0.2, -0.15) is 0 Å². The quantitative estimate of drug-likeness (QED) is 0.308. The number of hydrogen-bond acceptors (Lipinski definition) is 3. The van der Waals surface area contributed by atoms with Crippen LogP contribution in [0.15, 0.2) is 23.2 Å². The Bertz CT molecular complexity index is 605. The van der Waals surface area contributed by atoms with Gasteiger partial charge in [-0.3, -0.25) is 4.99 Å². The Labute approximate surface area is 177 Å². The summed E-state index contributed by atoms with van der Waals surface area (Å²) in [7, 11) is 0. The molecule has 0 saturated carbocycles. The highest BCUT2D eigenvalue weighted by atomic mass is 127. The summed E-state index contributed by atoms with van der Waals surface area (Å²) in [4.78, 5) is 6.22. The molecule has 0 aliphatic carbocycles. The van der Waals surface area contributed by atoms with Crippen molar-refractivity contribution in [1.29, 1.82) is 0 Å². The van der Waals surface area contributed by atoms with Crippen molar-refractivity contribution < 1.29 is 13.9 Å². The summed E-state index contributed by atoms with van der Waals surface area (Å²) >= 11 is 0. The molecule has 0 bridgehead atoms. The number of guanidine groups is 1. The van der Waals surface area contributed by atoms with Gasteiger partial charge in [0.05, 0.1) is 12.1 Å². The fourth-order valence-electron chi connectivity index (χ4n) is 3.09. The smallest absolute Gasteiger partial charge is 0.191 e. The van der Waals surface area contributed by atoms with Crippen molar-refractivity contribution in [2.75, 3.05) is 31.1 Å². The minimum Gasteiger partial charge on any atom is -0.388 e. The number of nitrogens with zero attached hydrogens (tertiary/aromatic N) is 2. The highest BCUT2D eigenvalue weighted by Crippen LogP contribution is 2.26. The molecule has 154 valence electrons. The summed E-state index contributed by atoms with van der Waals surface area (Å²) in [5, 5.41) is 16.9. The molecule has 1 heterocycles. The van der Waals surface area contributed by atoms with Gasteiger partial charge >= 0.3 is 0 Å². The first-order chi connectivity index (χ1) is 12.4. The van der Waals surface area contributed by atoms with Gasteiger partial charge in [0.15, 0.2) is 5.96 Å². The number of rotatable bonds is 7. The van der Waals surface area contributed by atoms with Gasteiger partial charge in [-0.05, 0) is 38.3 Å². The van der Waals surface area contributed by atoms with Crippen LogP contribution in [-0.2, 0) is 0 Å². The molecule has 0 spiro atoms. The van der Waals surface area contributed by atoms with Crippen LogP contribution < -0.4 is 15.5 Å². The number of halogens is 3. The first kappa shape index (κ1) is 23.9. The number of aliphatic hydroxyl groups is 1. The van der Waals surface area contributed by atoms with Crippen LogP contribution in [0.5, 0.6) is 0 Å². The first-order valence-electron chi connectivity index (χ1n) is 9.38. The van der Waals surface area contributed by atoms with Crippen molar-refractivity contribution in [2.24, 2.45) is 4.99 Å². The maximum absolute atomic E-state index is 14.0. The zero-order valence-corrected chi connectivity index (χ0v) is 18.6. The number of benzene rings is 1. The van der Waals surface area contributed by atoms with Crippen LogP contribution in [0.1, 0.15) is 40.0 Å². The summed E-state index contributed by atoms with van der Waals surface area (Å²) in [6.45, 7) is 7.93. The van der Waals surface area contributed by atoms with E-state index in [-0.39, 0.29) is 35.7 Å². The Morgan fingerprint density at radius 2 is 1.89 bits per heavy atom. The Balaban J connectivity index is 0.00000364. The van der Waals surface area contributed by atoms with E-state index >= 15 is 0 Å². The Hall–Kier alpha value is -1.16. The highest BCUT2D eigenvalue weighted by Gasteiger charge is 2.28. The topological polar surface area (TPSA) is 59.9 Å². The molecule has 3 N–H and O–H groups in total. The minimum atomic E-state index is -0.805.